The van der Waals surface area contributed by atoms with Gasteiger partial charge in [-0.2, -0.15) is 9.50 Å². The Bertz CT molecular complexity index is 1140. The molecular formula is C20H19N5O2. The first kappa shape index (κ1) is 17.0. The molecule has 0 atom stereocenters. The summed E-state index contributed by atoms with van der Waals surface area (Å²) in [5.41, 5.74) is 1.99. The zero-order chi connectivity index (χ0) is 18.8. The Morgan fingerprint density at radius 3 is 2.85 bits per heavy atom. The lowest BCUT2D eigenvalue weighted by molar-refractivity contribution is 0.0953. The predicted molar refractivity (Wildman–Crippen MR) is 102 cm³/mol. The number of hydrogen-bond donors (Lipinski definition) is 1. The number of carbonyl (C=O) groups is 1. The van der Waals surface area contributed by atoms with Crippen LogP contribution in [0.15, 0.2) is 48.5 Å². The average Bonchev–Trinajstić information content (AvgIpc) is 3.08. The van der Waals surface area contributed by atoms with Gasteiger partial charge < -0.3 is 10.1 Å². The lowest BCUT2D eigenvalue weighted by Crippen LogP contribution is -2.23. The highest BCUT2D eigenvalue weighted by molar-refractivity contribution is 5.94. The maximum absolute atomic E-state index is 12.2. The van der Waals surface area contributed by atoms with Crippen LogP contribution in [0.1, 0.15) is 29.5 Å². The van der Waals surface area contributed by atoms with Gasteiger partial charge in [0, 0.05) is 17.5 Å². The van der Waals surface area contributed by atoms with E-state index < -0.39 is 0 Å². The Balaban J connectivity index is 1.74. The monoisotopic (exact) mass is 361 g/mol. The molecule has 2 heterocycles. The number of para-hydroxylation sites is 1. The van der Waals surface area contributed by atoms with Crippen LogP contribution in [-0.2, 0) is 0 Å². The molecule has 136 valence electrons. The van der Waals surface area contributed by atoms with Gasteiger partial charge in [0.15, 0.2) is 5.65 Å². The number of carbonyl (C=O) groups excluding carboxylic acids is 1. The summed E-state index contributed by atoms with van der Waals surface area (Å²) in [6.45, 7) is 4.47. The zero-order valence-electron chi connectivity index (χ0n) is 15.1. The van der Waals surface area contributed by atoms with Crippen LogP contribution >= 0.6 is 0 Å². The number of nitrogens with one attached hydrogen (secondary N) is 1. The Hall–Kier alpha value is -3.48. The molecule has 4 rings (SSSR count). The van der Waals surface area contributed by atoms with Crippen molar-refractivity contribution in [2.24, 2.45) is 0 Å². The van der Waals surface area contributed by atoms with Crippen molar-refractivity contribution in [3.63, 3.8) is 0 Å². The third kappa shape index (κ3) is 3.31. The highest BCUT2D eigenvalue weighted by atomic mass is 16.5. The van der Waals surface area contributed by atoms with Gasteiger partial charge in [-0.05, 0) is 43.7 Å². The Labute approximate surface area is 156 Å². The number of benzene rings is 2. The van der Waals surface area contributed by atoms with E-state index in [1.165, 1.54) is 0 Å². The number of nitrogens with zero attached hydrogens (tertiary/aromatic N) is 4. The minimum Gasteiger partial charge on any atom is -0.424 e. The fraction of sp³-hybridized carbons (Fsp3) is 0.200. The number of amides is 1. The zero-order valence-corrected chi connectivity index (χ0v) is 15.1. The summed E-state index contributed by atoms with van der Waals surface area (Å²) in [4.78, 5) is 21.3. The van der Waals surface area contributed by atoms with Gasteiger partial charge in [0.25, 0.3) is 5.91 Å². The Morgan fingerprint density at radius 1 is 1.15 bits per heavy atom. The van der Waals surface area contributed by atoms with Crippen LogP contribution in [0.2, 0.25) is 0 Å². The second-order valence-corrected chi connectivity index (χ2v) is 6.19. The van der Waals surface area contributed by atoms with E-state index in [4.69, 9.17) is 4.74 Å². The number of hydrogen-bond acceptors (Lipinski definition) is 5. The van der Waals surface area contributed by atoms with E-state index in [1.807, 2.05) is 38.1 Å². The second-order valence-electron chi connectivity index (χ2n) is 6.19. The van der Waals surface area contributed by atoms with Crippen molar-refractivity contribution in [1.29, 1.82) is 0 Å². The highest BCUT2D eigenvalue weighted by Crippen LogP contribution is 2.26. The molecule has 7 heteroatoms. The van der Waals surface area contributed by atoms with E-state index in [2.05, 4.69) is 20.4 Å². The lowest BCUT2D eigenvalue weighted by Gasteiger charge is -2.09. The largest absolute Gasteiger partial charge is 0.424 e. The van der Waals surface area contributed by atoms with Gasteiger partial charge in [0.05, 0.1) is 5.52 Å². The summed E-state index contributed by atoms with van der Waals surface area (Å²) >= 11 is 0. The summed E-state index contributed by atoms with van der Waals surface area (Å²) in [5, 5.41) is 8.16. The van der Waals surface area contributed by atoms with Gasteiger partial charge in [-0.15, -0.1) is 5.10 Å². The molecule has 0 aliphatic heterocycles. The van der Waals surface area contributed by atoms with Gasteiger partial charge in [-0.1, -0.05) is 25.1 Å². The third-order valence-electron chi connectivity index (χ3n) is 4.10. The van der Waals surface area contributed by atoms with Crippen LogP contribution in [-0.4, -0.2) is 32.0 Å². The van der Waals surface area contributed by atoms with Crippen LogP contribution in [0.4, 0.5) is 0 Å². The topological polar surface area (TPSA) is 81.4 Å². The molecule has 2 aromatic heterocycles. The van der Waals surface area contributed by atoms with E-state index in [9.17, 15) is 4.79 Å². The number of ether oxygens (including phenoxy) is 1. The summed E-state index contributed by atoms with van der Waals surface area (Å²) in [6, 6.07) is 15.0. The van der Waals surface area contributed by atoms with Crippen molar-refractivity contribution in [2.45, 2.75) is 20.3 Å². The van der Waals surface area contributed by atoms with Crippen molar-refractivity contribution in [2.75, 3.05) is 6.54 Å². The van der Waals surface area contributed by atoms with Gasteiger partial charge in [-0.25, -0.2) is 4.98 Å². The summed E-state index contributed by atoms with van der Waals surface area (Å²) in [5.74, 6) is 1.01. The van der Waals surface area contributed by atoms with Crippen LogP contribution in [0.5, 0.6) is 11.8 Å². The van der Waals surface area contributed by atoms with E-state index in [-0.39, 0.29) is 5.91 Å². The first-order valence-electron chi connectivity index (χ1n) is 8.84. The predicted octanol–water partition coefficient (Wildman–Crippen LogP) is 3.52. The standard InChI is InChI=1S/C20H19N5O2/c1-3-11-21-19(26)14-7-6-8-15(12-14)27-20-23-17-10-5-4-9-16(17)18-22-13(2)24-25(18)20/h4-10,12H,3,11H2,1-2H3,(H,21,26). The molecule has 7 nitrogen and oxygen atoms in total. The minimum atomic E-state index is -0.129. The minimum absolute atomic E-state index is 0.129. The van der Waals surface area contributed by atoms with Crippen LogP contribution in [0, 0.1) is 6.92 Å². The molecule has 0 saturated heterocycles. The molecule has 0 spiro atoms. The smallest absolute Gasteiger partial charge is 0.325 e. The van der Waals surface area contributed by atoms with Gasteiger partial charge in [-0.3, -0.25) is 4.79 Å². The molecule has 1 N–H and O–H groups in total. The molecule has 2 aromatic carbocycles. The van der Waals surface area contributed by atoms with Crippen molar-refractivity contribution < 1.29 is 9.53 Å². The van der Waals surface area contributed by atoms with Crippen molar-refractivity contribution >= 4 is 22.5 Å². The molecule has 0 aliphatic carbocycles. The summed E-state index contributed by atoms with van der Waals surface area (Å²) < 4.78 is 7.56. The molecule has 0 aliphatic rings. The molecule has 4 aromatic rings. The molecule has 0 saturated carbocycles. The van der Waals surface area contributed by atoms with Crippen LogP contribution in [0.25, 0.3) is 16.6 Å². The quantitative estimate of drug-likeness (QED) is 0.588. The average molecular weight is 361 g/mol. The number of fused-ring (bicyclic) bond motifs is 3. The van der Waals surface area contributed by atoms with Crippen molar-refractivity contribution in [3.05, 3.63) is 59.9 Å². The van der Waals surface area contributed by atoms with E-state index >= 15 is 0 Å². The Kier molecular flexibility index (Phi) is 4.42. The van der Waals surface area contributed by atoms with Gasteiger partial charge in [0.2, 0.25) is 0 Å². The maximum atomic E-state index is 12.2. The molecule has 0 bridgehead atoms. The number of aromatic nitrogens is 4. The maximum Gasteiger partial charge on any atom is 0.325 e. The molecule has 1 amide bonds. The van der Waals surface area contributed by atoms with E-state index in [0.717, 1.165) is 17.3 Å². The summed E-state index contributed by atoms with van der Waals surface area (Å²) in [6.07, 6.45) is 0.882. The molecule has 0 radical (unpaired) electrons. The lowest BCUT2D eigenvalue weighted by atomic mass is 10.2. The third-order valence-corrected chi connectivity index (χ3v) is 4.10. The normalized spacial score (nSPS) is 11.0. The van der Waals surface area contributed by atoms with E-state index in [0.29, 0.717) is 35.3 Å². The second kappa shape index (κ2) is 7.03. The first-order chi connectivity index (χ1) is 13.2. The van der Waals surface area contributed by atoms with E-state index in [1.54, 1.807) is 28.8 Å². The Morgan fingerprint density at radius 2 is 2.00 bits per heavy atom. The molecule has 27 heavy (non-hydrogen) atoms. The number of aryl methyl sites for hydroxylation is 1. The van der Waals surface area contributed by atoms with Crippen molar-refractivity contribution in [1.82, 2.24) is 24.9 Å². The fourth-order valence-corrected chi connectivity index (χ4v) is 2.85. The summed E-state index contributed by atoms with van der Waals surface area (Å²) in [7, 11) is 0. The van der Waals surface area contributed by atoms with Crippen LogP contribution in [0.3, 0.4) is 0 Å². The van der Waals surface area contributed by atoms with Gasteiger partial charge in [0.1, 0.15) is 11.6 Å². The number of rotatable bonds is 5. The fourth-order valence-electron chi connectivity index (χ4n) is 2.85. The van der Waals surface area contributed by atoms with Crippen LogP contribution < -0.4 is 10.1 Å². The first-order valence-corrected chi connectivity index (χ1v) is 8.84. The molecular weight excluding hydrogens is 342 g/mol. The highest BCUT2D eigenvalue weighted by Gasteiger charge is 2.14. The SMILES string of the molecule is CCCNC(=O)c1cccc(Oc2nc3ccccc3c3nc(C)nn23)c1. The molecule has 0 unspecified atom stereocenters. The van der Waals surface area contributed by atoms with Gasteiger partial charge >= 0.3 is 6.01 Å². The molecule has 0 fully saturated rings. The van der Waals surface area contributed by atoms with Crippen molar-refractivity contribution in [3.8, 4) is 11.8 Å².